The zero-order chi connectivity index (χ0) is 17.5. The molecule has 0 saturated heterocycles. The minimum Gasteiger partial charge on any atom is -0.356 e. The fourth-order valence-corrected chi connectivity index (χ4v) is 2.91. The molecule has 0 spiro atoms. The number of halogens is 2. The highest BCUT2D eigenvalue weighted by molar-refractivity contribution is 14.0. The minimum absolute atomic E-state index is 0. The van der Waals surface area contributed by atoms with E-state index in [0.717, 1.165) is 48.3 Å². The molecule has 138 valence electrons. The Morgan fingerprint density at radius 1 is 1.32 bits per heavy atom. The molecular formula is C18H27ClIN5. The van der Waals surface area contributed by atoms with E-state index in [1.807, 2.05) is 32.2 Å². The molecule has 5 nitrogen and oxygen atoms in total. The van der Waals surface area contributed by atoms with Gasteiger partial charge in [0, 0.05) is 44.4 Å². The van der Waals surface area contributed by atoms with Gasteiger partial charge in [0.2, 0.25) is 0 Å². The van der Waals surface area contributed by atoms with Crippen molar-refractivity contribution in [2.24, 2.45) is 4.99 Å². The van der Waals surface area contributed by atoms with Crippen LogP contribution in [0.3, 0.4) is 0 Å². The highest BCUT2D eigenvalue weighted by atomic mass is 127. The van der Waals surface area contributed by atoms with Crippen molar-refractivity contribution in [3.8, 4) is 0 Å². The summed E-state index contributed by atoms with van der Waals surface area (Å²) in [5, 5.41) is 8.64. The van der Waals surface area contributed by atoms with Gasteiger partial charge in [0.1, 0.15) is 0 Å². The first-order valence-electron chi connectivity index (χ1n) is 8.17. The molecule has 0 bridgehead atoms. The van der Waals surface area contributed by atoms with Gasteiger partial charge in [-0.15, -0.1) is 24.0 Å². The van der Waals surface area contributed by atoms with Crippen LogP contribution in [0.1, 0.15) is 23.4 Å². The lowest BCUT2D eigenvalue weighted by molar-refractivity contribution is 0.470. The number of aryl methyl sites for hydroxylation is 3. The van der Waals surface area contributed by atoms with Crippen LogP contribution < -0.4 is 5.32 Å². The predicted molar refractivity (Wildman–Crippen MR) is 116 cm³/mol. The highest BCUT2D eigenvalue weighted by Crippen LogP contribution is 2.12. The predicted octanol–water partition coefficient (Wildman–Crippen LogP) is 3.87. The van der Waals surface area contributed by atoms with Crippen molar-refractivity contribution in [1.29, 1.82) is 0 Å². The Bertz CT molecular complexity index is 699. The van der Waals surface area contributed by atoms with Gasteiger partial charge in [0.05, 0.1) is 5.69 Å². The number of benzene rings is 1. The van der Waals surface area contributed by atoms with Crippen LogP contribution in [-0.4, -0.2) is 41.3 Å². The van der Waals surface area contributed by atoms with Gasteiger partial charge in [-0.25, -0.2) is 0 Å². The van der Waals surface area contributed by atoms with E-state index < -0.39 is 0 Å². The van der Waals surface area contributed by atoms with Gasteiger partial charge in [-0.2, -0.15) is 5.10 Å². The van der Waals surface area contributed by atoms with E-state index in [-0.39, 0.29) is 24.0 Å². The standard InChI is InChI=1S/C18H26ClN5.HI/c1-14-11-15(2)24(22-14)10-6-9-21-18(20-3)23(4)13-16-7-5-8-17(19)12-16;/h5,7-8,11-12H,6,9-10,13H2,1-4H3,(H,20,21);1H. The molecule has 2 aromatic rings. The van der Waals surface area contributed by atoms with Gasteiger partial charge >= 0.3 is 0 Å². The summed E-state index contributed by atoms with van der Waals surface area (Å²) in [7, 11) is 3.83. The molecule has 0 aliphatic carbocycles. The highest BCUT2D eigenvalue weighted by Gasteiger charge is 2.07. The SMILES string of the molecule is CN=C(NCCCn1nc(C)cc1C)N(C)Cc1cccc(Cl)c1.I. The largest absolute Gasteiger partial charge is 0.356 e. The molecule has 0 aliphatic heterocycles. The van der Waals surface area contributed by atoms with E-state index in [0.29, 0.717) is 0 Å². The second-order valence-electron chi connectivity index (χ2n) is 5.96. The third kappa shape index (κ3) is 6.86. The second kappa shape index (κ2) is 10.7. The van der Waals surface area contributed by atoms with Crippen molar-refractivity contribution in [3.05, 3.63) is 52.3 Å². The van der Waals surface area contributed by atoms with E-state index in [1.54, 1.807) is 7.05 Å². The molecule has 2 rings (SSSR count). The van der Waals surface area contributed by atoms with Crippen LogP contribution in [0.2, 0.25) is 5.02 Å². The molecule has 0 unspecified atom stereocenters. The molecular weight excluding hydrogens is 449 g/mol. The summed E-state index contributed by atoms with van der Waals surface area (Å²) in [5.74, 6) is 0.878. The molecule has 1 heterocycles. The van der Waals surface area contributed by atoms with Gasteiger partial charge in [0.25, 0.3) is 0 Å². The summed E-state index contributed by atoms with van der Waals surface area (Å²) < 4.78 is 2.05. The number of hydrogen-bond donors (Lipinski definition) is 1. The van der Waals surface area contributed by atoms with E-state index >= 15 is 0 Å². The number of aromatic nitrogens is 2. The average Bonchev–Trinajstić information content (AvgIpc) is 2.85. The lowest BCUT2D eigenvalue weighted by Gasteiger charge is -2.22. The third-order valence-electron chi connectivity index (χ3n) is 3.82. The zero-order valence-corrected chi connectivity index (χ0v) is 18.4. The van der Waals surface area contributed by atoms with Crippen LogP contribution in [-0.2, 0) is 13.1 Å². The van der Waals surface area contributed by atoms with Crippen molar-refractivity contribution in [3.63, 3.8) is 0 Å². The summed E-state index contributed by atoms with van der Waals surface area (Å²) in [5.41, 5.74) is 3.43. The maximum absolute atomic E-state index is 6.04. The number of aliphatic imine (C=N–C) groups is 1. The van der Waals surface area contributed by atoms with Crippen LogP contribution in [0.25, 0.3) is 0 Å². The quantitative estimate of drug-likeness (QED) is 0.299. The van der Waals surface area contributed by atoms with Crippen molar-refractivity contribution in [1.82, 2.24) is 20.0 Å². The molecule has 25 heavy (non-hydrogen) atoms. The van der Waals surface area contributed by atoms with Crippen molar-refractivity contribution < 1.29 is 0 Å². The van der Waals surface area contributed by atoms with E-state index in [2.05, 4.69) is 44.0 Å². The van der Waals surface area contributed by atoms with Crippen LogP contribution in [0, 0.1) is 13.8 Å². The van der Waals surface area contributed by atoms with Gasteiger partial charge < -0.3 is 10.2 Å². The van der Waals surface area contributed by atoms with Gasteiger partial charge in [-0.05, 0) is 44.0 Å². The first kappa shape index (κ1) is 21.8. The normalized spacial score (nSPS) is 11.2. The summed E-state index contributed by atoms with van der Waals surface area (Å²) >= 11 is 6.04. The number of hydrogen-bond acceptors (Lipinski definition) is 2. The lowest BCUT2D eigenvalue weighted by Crippen LogP contribution is -2.39. The molecule has 1 aromatic carbocycles. The van der Waals surface area contributed by atoms with Crippen molar-refractivity contribution >= 4 is 41.5 Å². The van der Waals surface area contributed by atoms with E-state index in [4.69, 9.17) is 11.6 Å². The Labute approximate surface area is 172 Å². The summed E-state index contributed by atoms with van der Waals surface area (Å²) in [6.07, 6.45) is 0.992. The topological polar surface area (TPSA) is 45.5 Å². The fourth-order valence-electron chi connectivity index (χ4n) is 2.70. The summed E-state index contributed by atoms with van der Waals surface area (Å²) in [6.45, 7) is 6.63. The molecule has 0 radical (unpaired) electrons. The Balaban J connectivity index is 0.00000312. The van der Waals surface area contributed by atoms with Crippen LogP contribution in [0.4, 0.5) is 0 Å². The van der Waals surface area contributed by atoms with E-state index in [9.17, 15) is 0 Å². The maximum Gasteiger partial charge on any atom is 0.193 e. The average molecular weight is 476 g/mol. The number of guanidine groups is 1. The minimum atomic E-state index is 0. The Hall–Kier alpha value is -1.28. The molecule has 1 N–H and O–H groups in total. The molecule has 0 saturated carbocycles. The number of nitrogens with zero attached hydrogens (tertiary/aromatic N) is 4. The van der Waals surface area contributed by atoms with Gasteiger partial charge in [-0.3, -0.25) is 9.67 Å². The van der Waals surface area contributed by atoms with Crippen LogP contribution in [0.5, 0.6) is 0 Å². The Kier molecular flexibility index (Phi) is 9.27. The summed E-state index contributed by atoms with van der Waals surface area (Å²) in [6, 6.07) is 10.0. The molecule has 0 amide bonds. The summed E-state index contributed by atoms with van der Waals surface area (Å²) in [4.78, 5) is 6.44. The third-order valence-corrected chi connectivity index (χ3v) is 4.05. The zero-order valence-electron chi connectivity index (χ0n) is 15.3. The first-order valence-corrected chi connectivity index (χ1v) is 8.54. The maximum atomic E-state index is 6.04. The van der Waals surface area contributed by atoms with Crippen molar-refractivity contribution in [2.75, 3.05) is 20.6 Å². The Morgan fingerprint density at radius 2 is 2.08 bits per heavy atom. The monoisotopic (exact) mass is 475 g/mol. The molecule has 0 aliphatic rings. The molecule has 1 aromatic heterocycles. The van der Waals surface area contributed by atoms with Gasteiger partial charge in [-0.1, -0.05) is 23.7 Å². The van der Waals surface area contributed by atoms with Crippen molar-refractivity contribution in [2.45, 2.75) is 33.4 Å². The molecule has 0 fully saturated rings. The first-order chi connectivity index (χ1) is 11.5. The Morgan fingerprint density at radius 3 is 2.68 bits per heavy atom. The van der Waals surface area contributed by atoms with Gasteiger partial charge in [0.15, 0.2) is 5.96 Å². The van der Waals surface area contributed by atoms with Crippen LogP contribution >= 0.6 is 35.6 Å². The molecule has 7 heteroatoms. The molecule has 0 atom stereocenters. The smallest absolute Gasteiger partial charge is 0.193 e. The lowest BCUT2D eigenvalue weighted by atomic mass is 10.2. The van der Waals surface area contributed by atoms with E-state index in [1.165, 1.54) is 5.69 Å². The second-order valence-corrected chi connectivity index (χ2v) is 6.40. The number of rotatable bonds is 6. The van der Waals surface area contributed by atoms with Crippen LogP contribution in [0.15, 0.2) is 35.3 Å². The fraction of sp³-hybridized carbons (Fsp3) is 0.444. The number of nitrogens with one attached hydrogen (secondary N) is 1.